The molecule has 134 valence electrons. The average Bonchev–Trinajstić information content (AvgIpc) is 3.16. The van der Waals surface area contributed by atoms with Gasteiger partial charge in [0.25, 0.3) is 5.52 Å². The van der Waals surface area contributed by atoms with Crippen LogP contribution in [0, 0.1) is 6.92 Å². The van der Waals surface area contributed by atoms with Gasteiger partial charge in [-0.3, -0.25) is 0 Å². The number of nitrogens with zero attached hydrogens (tertiary/aromatic N) is 2. The van der Waals surface area contributed by atoms with Crippen LogP contribution in [0.3, 0.4) is 0 Å². The van der Waals surface area contributed by atoms with Crippen molar-refractivity contribution >= 4 is 32.9 Å². The predicted octanol–water partition coefficient (Wildman–Crippen LogP) is 4.75. The zero-order chi connectivity index (χ0) is 18.4. The molecule has 4 heteroatoms. The van der Waals surface area contributed by atoms with Crippen molar-refractivity contribution in [3.63, 3.8) is 0 Å². The lowest BCUT2D eigenvalue weighted by molar-refractivity contribution is -0.683. The second-order valence-electron chi connectivity index (χ2n) is 6.85. The number of aromatic nitrogens is 2. The summed E-state index contributed by atoms with van der Waals surface area (Å²) in [4.78, 5) is 0. The van der Waals surface area contributed by atoms with Gasteiger partial charge in [0.1, 0.15) is 12.4 Å². The van der Waals surface area contributed by atoms with Gasteiger partial charge >= 0.3 is 5.89 Å². The maximum Gasteiger partial charge on any atom is 0.344 e. The van der Waals surface area contributed by atoms with E-state index in [-0.39, 0.29) is 0 Å². The van der Waals surface area contributed by atoms with Crippen molar-refractivity contribution in [1.29, 1.82) is 0 Å². The van der Waals surface area contributed by atoms with Crippen molar-refractivity contribution in [1.82, 2.24) is 4.57 Å². The number of para-hydroxylation sites is 2. The highest BCUT2D eigenvalue weighted by Crippen LogP contribution is 2.31. The monoisotopic (exact) mass is 357 g/mol. The fraction of sp³-hybridized carbons (Fsp3) is 0.174. The van der Waals surface area contributed by atoms with Gasteiger partial charge in [-0.15, -0.1) is 0 Å². The number of ether oxygens (including phenoxy) is 1. The molecule has 0 saturated carbocycles. The van der Waals surface area contributed by atoms with E-state index in [0.29, 0.717) is 6.61 Å². The first-order valence-corrected chi connectivity index (χ1v) is 9.20. The molecule has 0 aliphatic carbocycles. The third kappa shape index (κ3) is 2.56. The first-order valence-electron chi connectivity index (χ1n) is 9.20. The highest BCUT2D eigenvalue weighted by molar-refractivity contribution is 6.11. The van der Waals surface area contributed by atoms with Crippen molar-refractivity contribution in [2.24, 2.45) is 7.05 Å². The molecule has 2 heterocycles. The van der Waals surface area contributed by atoms with E-state index in [1.807, 2.05) is 37.3 Å². The molecule has 0 N–H and O–H groups in total. The van der Waals surface area contributed by atoms with Gasteiger partial charge in [0.15, 0.2) is 6.54 Å². The summed E-state index contributed by atoms with van der Waals surface area (Å²) in [5, 5.41) is 2.52. The van der Waals surface area contributed by atoms with Gasteiger partial charge in [0.05, 0.1) is 12.4 Å². The molecule has 0 unspecified atom stereocenters. The SMILES string of the molecule is Cc1oc2cc3c(cc2[n+]1CCOc1ccccc1)c1ccccc1n3C. The summed E-state index contributed by atoms with van der Waals surface area (Å²) in [5.74, 6) is 1.78. The Bertz CT molecular complexity index is 1270. The average molecular weight is 357 g/mol. The van der Waals surface area contributed by atoms with Crippen molar-refractivity contribution < 1.29 is 13.7 Å². The summed E-state index contributed by atoms with van der Waals surface area (Å²) >= 11 is 0. The summed E-state index contributed by atoms with van der Waals surface area (Å²) in [6, 6.07) is 22.8. The number of rotatable bonds is 4. The molecule has 3 aromatic carbocycles. The highest BCUT2D eigenvalue weighted by Gasteiger charge is 2.21. The van der Waals surface area contributed by atoms with E-state index >= 15 is 0 Å². The van der Waals surface area contributed by atoms with E-state index in [1.165, 1.54) is 21.8 Å². The van der Waals surface area contributed by atoms with Crippen molar-refractivity contribution in [2.75, 3.05) is 6.61 Å². The minimum Gasteiger partial charge on any atom is -0.487 e. The van der Waals surface area contributed by atoms with Crippen LogP contribution >= 0.6 is 0 Å². The molecule has 0 aliphatic heterocycles. The molecule has 2 aromatic heterocycles. The standard InChI is InChI=1S/C23H21N2O2/c1-16-25(12-13-26-17-8-4-3-5-9-17)22-14-19-18-10-6-7-11-20(18)24(2)21(19)15-23(22)27-16/h3-11,14-15H,12-13H2,1-2H3/q+1. The minimum atomic E-state index is 0.595. The molecule has 5 rings (SSSR count). The van der Waals surface area contributed by atoms with Gasteiger partial charge in [0.2, 0.25) is 5.58 Å². The van der Waals surface area contributed by atoms with Crippen LogP contribution in [0.1, 0.15) is 5.89 Å². The predicted molar refractivity (Wildman–Crippen MR) is 107 cm³/mol. The van der Waals surface area contributed by atoms with Crippen LogP contribution < -0.4 is 9.30 Å². The molecule has 0 bridgehead atoms. The molecule has 0 atom stereocenters. The normalized spacial score (nSPS) is 11.6. The van der Waals surface area contributed by atoms with Crippen LogP contribution in [-0.2, 0) is 13.6 Å². The maximum atomic E-state index is 6.05. The van der Waals surface area contributed by atoms with E-state index in [4.69, 9.17) is 9.15 Å². The number of benzene rings is 3. The van der Waals surface area contributed by atoms with Crippen molar-refractivity contribution in [2.45, 2.75) is 13.5 Å². The highest BCUT2D eigenvalue weighted by atomic mass is 16.5. The van der Waals surface area contributed by atoms with Gasteiger partial charge in [0, 0.05) is 35.5 Å². The molecule has 27 heavy (non-hydrogen) atoms. The third-order valence-electron chi connectivity index (χ3n) is 5.25. The van der Waals surface area contributed by atoms with E-state index in [1.54, 1.807) is 0 Å². The lowest BCUT2D eigenvalue weighted by atomic mass is 10.1. The molecule has 4 nitrogen and oxygen atoms in total. The van der Waals surface area contributed by atoms with E-state index < -0.39 is 0 Å². The zero-order valence-electron chi connectivity index (χ0n) is 15.5. The Morgan fingerprint density at radius 3 is 2.56 bits per heavy atom. The molecule has 0 aliphatic rings. The summed E-state index contributed by atoms with van der Waals surface area (Å²) < 4.78 is 16.4. The second kappa shape index (κ2) is 6.16. The fourth-order valence-electron chi connectivity index (χ4n) is 3.90. The van der Waals surface area contributed by atoms with Crippen LogP contribution in [0.4, 0.5) is 0 Å². The Morgan fingerprint density at radius 2 is 1.70 bits per heavy atom. The number of fused-ring (bicyclic) bond motifs is 4. The van der Waals surface area contributed by atoms with Crippen LogP contribution in [0.2, 0.25) is 0 Å². The van der Waals surface area contributed by atoms with Crippen molar-refractivity contribution in [3.05, 3.63) is 72.6 Å². The Kier molecular flexibility index (Phi) is 3.64. The number of oxazole rings is 1. The van der Waals surface area contributed by atoms with Crippen LogP contribution in [0.15, 0.2) is 71.1 Å². The van der Waals surface area contributed by atoms with E-state index in [0.717, 1.165) is 29.3 Å². The van der Waals surface area contributed by atoms with Gasteiger partial charge < -0.3 is 13.7 Å². The van der Waals surface area contributed by atoms with Crippen LogP contribution in [-0.4, -0.2) is 11.2 Å². The van der Waals surface area contributed by atoms with Crippen LogP contribution in [0.25, 0.3) is 32.9 Å². The molecule has 0 fully saturated rings. The number of hydrogen-bond acceptors (Lipinski definition) is 2. The zero-order valence-corrected chi connectivity index (χ0v) is 15.5. The topological polar surface area (TPSA) is 31.2 Å². The van der Waals surface area contributed by atoms with Gasteiger partial charge in [-0.25, -0.2) is 0 Å². The second-order valence-corrected chi connectivity index (χ2v) is 6.85. The maximum absolute atomic E-state index is 6.05. The third-order valence-corrected chi connectivity index (χ3v) is 5.25. The summed E-state index contributed by atoms with van der Waals surface area (Å²) in [7, 11) is 2.11. The number of hydrogen-bond donors (Lipinski definition) is 0. The summed E-state index contributed by atoms with van der Waals surface area (Å²) in [5.41, 5.74) is 4.43. The lowest BCUT2D eigenvalue weighted by Gasteiger charge is -2.03. The van der Waals surface area contributed by atoms with Gasteiger partial charge in [-0.1, -0.05) is 36.4 Å². The molecular formula is C23H21N2O2+. The summed E-state index contributed by atoms with van der Waals surface area (Å²) in [6.45, 7) is 3.34. The Labute approximate surface area is 157 Å². The minimum absolute atomic E-state index is 0.595. The van der Waals surface area contributed by atoms with E-state index in [9.17, 15) is 0 Å². The lowest BCUT2D eigenvalue weighted by Crippen LogP contribution is -2.38. The molecular weight excluding hydrogens is 336 g/mol. The molecule has 0 saturated heterocycles. The van der Waals surface area contributed by atoms with Gasteiger partial charge in [-0.2, -0.15) is 4.57 Å². The van der Waals surface area contributed by atoms with Crippen LogP contribution in [0.5, 0.6) is 5.75 Å². The molecule has 0 spiro atoms. The summed E-state index contributed by atoms with van der Waals surface area (Å²) in [6.07, 6.45) is 0. The fourth-order valence-corrected chi connectivity index (χ4v) is 3.90. The molecule has 5 aromatic rings. The van der Waals surface area contributed by atoms with E-state index in [2.05, 4.69) is 52.6 Å². The first-order chi connectivity index (χ1) is 13.2. The van der Waals surface area contributed by atoms with Crippen molar-refractivity contribution in [3.8, 4) is 5.75 Å². The quantitative estimate of drug-likeness (QED) is 0.435. The Balaban J connectivity index is 1.57. The first kappa shape index (κ1) is 15.9. The Morgan fingerprint density at radius 1 is 0.926 bits per heavy atom. The number of aryl methyl sites for hydroxylation is 2. The largest absolute Gasteiger partial charge is 0.487 e. The molecule has 0 amide bonds. The van der Waals surface area contributed by atoms with Gasteiger partial charge in [-0.05, 0) is 18.2 Å². The smallest absolute Gasteiger partial charge is 0.344 e. The molecule has 0 radical (unpaired) electrons. The Hall–Kier alpha value is -3.27.